The Labute approximate surface area is 115 Å². The van der Waals surface area contributed by atoms with Crippen LogP contribution in [0.2, 0.25) is 0 Å². The smallest absolute Gasteiger partial charge is 0.0716 e. The molecule has 0 aromatic heterocycles. The van der Waals surface area contributed by atoms with Crippen molar-refractivity contribution in [2.75, 3.05) is 12.5 Å². The molecule has 100 valence electrons. The first kappa shape index (κ1) is 13.9. The van der Waals surface area contributed by atoms with Crippen LogP contribution in [0.4, 0.5) is 0 Å². The molecule has 2 rings (SSSR count). The van der Waals surface area contributed by atoms with Gasteiger partial charge < -0.3 is 4.74 Å². The van der Waals surface area contributed by atoms with Gasteiger partial charge in [0, 0.05) is 12.5 Å². The summed E-state index contributed by atoms with van der Waals surface area (Å²) in [5.74, 6) is 2.30. The minimum absolute atomic E-state index is 0.657. The monoisotopic (exact) mass is 266 g/mol. The number of hydrogen-bond acceptors (Lipinski definition) is 1. The fourth-order valence-corrected chi connectivity index (χ4v) is 3.27. The van der Waals surface area contributed by atoms with Crippen molar-refractivity contribution in [3.05, 3.63) is 35.9 Å². The van der Waals surface area contributed by atoms with Gasteiger partial charge in [0.15, 0.2) is 0 Å². The van der Waals surface area contributed by atoms with Crippen LogP contribution < -0.4 is 0 Å². The molecule has 0 heterocycles. The summed E-state index contributed by atoms with van der Waals surface area (Å²) in [6, 6.07) is 10.4. The van der Waals surface area contributed by atoms with Crippen molar-refractivity contribution in [1.82, 2.24) is 0 Å². The highest BCUT2D eigenvalue weighted by Crippen LogP contribution is 2.33. The number of benzene rings is 1. The molecule has 1 saturated carbocycles. The molecule has 0 radical (unpaired) electrons. The average molecular weight is 267 g/mol. The van der Waals surface area contributed by atoms with Crippen LogP contribution in [-0.2, 0) is 11.3 Å². The minimum Gasteiger partial charge on any atom is -0.377 e. The number of hydrogen-bond donors (Lipinski definition) is 0. The van der Waals surface area contributed by atoms with Crippen LogP contribution in [-0.4, -0.2) is 12.5 Å². The second-order valence-corrected chi connectivity index (χ2v) is 5.59. The highest BCUT2D eigenvalue weighted by molar-refractivity contribution is 6.18. The maximum atomic E-state index is 6.09. The predicted octanol–water partition coefficient (Wildman–Crippen LogP) is 4.64. The molecule has 0 amide bonds. The molecular formula is C16H23ClO. The van der Waals surface area contributed by atoms with E-state index in [1.165, 1.54) is 31.2 Å². The number of rotatable bonds is 7. The van der Waals surface area contributed by atoms with E-state index in [0.717, 1.165) is 31.4 Å². The topological polar surface area (TPSA) is 9.23 Å². The molecule has 1 aromatic carbocycles. The van der Waals surface area contributed by atoms with Gasteiger partial charge in [-0.05, 0) is 23.8 Å². The molecule has 1 nitrogen and oxygen atoms in total. The molecule has 1 aliphatic carbocycles. The lowest BCUT2D eigenvalue weighted by atomic mass is 9.90. The lowest BCUT2D eigenvalue weighted by Crippen LogP contribution is -2.16. The molecule has 1 aliphatic rings. The summed E-state index contributed by atoms with van der Waals surface area (Å²) < 4.78 is 5.75. The summed E-state index contributed by atoms with van der Waals surface area (Å²) in [5, 5.41) is 0. The van der Waals surface area contributed by atoms with Gasteiger partial charge in [0.1, 0.15) is 0 Å². The molecule has 18 heavy (non-hydrogen) atoms. The van der Waals surface area contributed by atoms with E-state index in [0.29, 0.717) is 5.92 Å². The lowest BCUT2D eigenvalue weighted by Gasteiger charge is -2.20. The zero-order chi connectivity index (χ0) is 12.6. The van der Waals surface area contributed by atoms with Gasteiger partial charge in [-0.2, -0.15) is 0 Å². The van der Waals surface area contributed by atoms with Crippen molar-refractivity contribution in [3.63, 3.8) is 0 Å². The standard InChI is InChI=1S/C16H23ClO/c17-12-16(15-8-4-5-9-15)10-11-18-13-14-6-2-1-3-7-14/h1-3,6-7,15-16H,4-5,8-13H2. The second-order valence-electron chi connectivity index (χ2n) is 5.29. The van der Waals surface area contributed by atoms with Gasteiger partial charge in [-0.25, -0.2) is 0 Å². The van der Waals surface area contributed by atoms with Gasteiger partial charge in [-0.15, -0.1) is 11.6 Å². The van der Waals surface area contributed by atoms with Crippen LogP contribution in [0.15, 0.2) is 30.3 Å². The van der Waals surface area contributed by atoms with E-state index in [1.807, 2.05) is 6.07 Å². The average Bonchev–Trinajstić information content (AvgIpc) is 2.94. The minimum atomic E-state index is 0.657. The first-order valence-corrected chi connectivity index (χ1v) is 7.61. The Morgan fingerprint density at radius 1 is 1.17 bits per heavy atom. The molecule has 2 heteroatoms. The quantitative estimate of drug-likeness (QED) is 0.516. The molecule has 0 bridgehead atoms. The third-order valence-corrected chi connectivity index (χ3v) is 4.41. The van der Waals surface area contributed by atoms with Crippen molar-refractivity contribution >= 4 is 11.6 Å². The molecular weight excluding hydrogens is 244 g/mol. The van der Waals surface area contributed by atoms with Gasteiger partial charge in [0.2, 0.25) is 0 Å². The number of halogens is 1. The summed E-state index contributed by atoms with van der Waals surface area (Å²) in [4.78, 5) is 0. The van der Waals surface area contributed by atoms with Crippen molar-refractivity contribution in [1.29, 1.82) is 0 Å². The second kappa shape index (κ2) is 7.81. The molecule has 0 N–H and O–H groups in total. The Morgan fingerprint density at radius 2 is 1.89 bits per heavy atom. The summed E-state index contributed by atoms with van der Waals surface area (Å²) in [5.41, 5.74) is 1.25. The van der Waals surface area contributed by atoms with E-state index >= 15 is 0 Å². The van der Waals surface area contributed by atoms with Gasteiger partial charge in [0.25, 0.3) is 0 Å². The molecule has 0 aliphatic heterocycles. The predicted molar refractivity (Wildman–Crippen MR) is 76.9 cm³/mol. The van der Waals surface area contributed by atoms with E-state index < -0.39 is 0 Å². The maximum Gasteiger partial charge on any atom is 0.0716 e. The van der Waals surface area contributed by atoms with Crippen molar-refractivity contribution in [2.45, 2.75) is 38.7 Å². The number of alkyl halides is 1. The van der Waals surface area contributed by atoms with Crippen LogP contribution in [0.5, 0.6) is 0 Å². The first-order chi connectivity index (χ1) is 8.90. The van der Waals surface area contributed by atoms with E-state index in [4.69, 9.17) is 16.3 Å². The summed E-state index contributed by atoms with van der Waals surface area (Å²) in [6.45, 7) is 1.56. The fraction of sp³-hybridized carbons (Fsp3) is 0.625. The van der Waals surface area contributed by atoms with Crippen LogP contribution in [0.3, 0.4) is 0 Å². The largest absolute Gasteiger partial charge is 0.377 e. The van der Waals surface area contributed by atoms with Crippen LogP contribution in [0, 0.1) is 11.8 Å². The van der Waals surface area contributed by atoms with Crippen molar-refractivity contribution in [3.8, 4) is 0 Å². The van der Waals surface area contributed by atoms with Gasteiger partial charge in [-0.3, -0.25) is 0 Å². The Hall–Kier alpha value is -0.530. The van der Waals surface area contributed by atoms with E-state index in [9.17, 15) is 0 Å². The summed E-state index contributed by atoms with van der Waals surface area (Å²) in [6.07, 6.45) is 6.64. The van der Waals surface area contributed by atoms with Gasteiger partial charge in [0.05, 0.1) is 6.61 Å². The maximum absolute atomic E-state index is 6.09. The molecule has 0 spiro atoms. The van der Waals surface area contributed by atoms with Crippen LogP contribution in [0.25, 0.3) is 0 Å². The van der Waals surface area contributed by atoms with Gasteiger partial charge >= 0.3 is 0 Å². The van der Waals surface area contributed by atoms with Crippen molar-refractivity contribution in [2.24, 2.45) is 11.8 Å². The van der Waals surface area contributed by atoms with Crippen LogP contribution in [0.1, 0.15) is 37.7 Å². The highest BCUT2D eigenvalue weighted by atomic mass is 35.5. The lowest BCUT2D eigenvalue weighted by molar-refractivity contribution is 0.102. The Balaban J connectivity index is 1.64. The molecule has 1 aromatic rings. The highest BCUT2D eigenvalue weighted by Gasteiger charge is 2.23. The first-order valence-electron chi connectivity index (χ1n) is 7.08. The summed E-state index contributed by atoms with van der Waals surface area (Å²) >= 11 is 6.09. The third kappa shape index (κ3) is 4.29. The number of ether oxygens (including phenoxy) is 1. The molecule has 1 unspecified atom stereocenters. The van der Waals surface area contributed by atoms with Gasteiger partial charge in [-0.1, -0.05) is 56.0 Å². The van der Waals surface area contributed by atoms with E-state index in [2.05, 4.69) is 24.3 Å². The Morgan fingerprint density at radius 3 is 2.56 bits per heavy atom. The summed E-state index contributed by atoms with van der Waals surface area (Å²) in [7, 11) is 0. The normalized spacial score (nSPS) is 18.1. The zero-order valence-corrected chi connectivity index (χ0v) is 11.7. The third-order valence-electron chi connectivity index (χ3n) is 4.01. The fourth-order valence-electron chi connectivity index (χ4n) is 2.87. The zero-order valence-electron chi connectivity index (χ0n) is 11.0. The van der Waals surface area contributed by atoms with E-state index in [-0.39, 0.29) is 0 Å². The van der Waals surface area contributed by atoms with Crippen LogP contribution >= 0.6 is 11.6 Å². The van der Waals surface area contributed by atoms with E-state index in [1.54, 1.807) is 0 Å². The molecule has 0 saturated heterocycles. The molecule has 1 fully saturated rings. The Kier molecular flexibility index (Phi) is 6.02. The van der Waals surface area contributed by atoms with Crippen molar-refractivity contribution < 1.29 is 4.74 Å². The SMILES string of the molecule is ClCC(CCOCc1ccccc1)C1CCCC1. The Bertz CT molecular complexity index is 319. The molecule has 1 atom stereocenters.